The number of rotatable bonds is 4. The minimum Gasteiger partial charge on any atom is -0.325 e. The van der Waals surface area contributed by atoms with Crippen LogP contribution < -0.4 is 5.32 Å². The summed E-state index contributed by atoms with van der Waals surface area (Å²) in [4.78, 5) is 12.5. The molecule has 0 radical (unpaired) electrons. The summed E-state index contributed by atoms with van der Waals surface area (Å²) in [5.41, 5.74) is 5.66. The molecule has 0 fully saturated rings. The molecule has 0 spiro atoms. The van der Waals surface area contributed by atoms with Crippen LogP contribution in [0, 0.1) is 11.7 Å². The van der Waals surface area contributed by atoms with Crippen molar-refractivity contribution in [2.75, 3.05) is 5.32 Å². The van der Waals surface area contributed by atoms with E-state index in [2.05, 4.69) is 27.6 Å². The Kier molecular flexibility index (Phi) is 4.42. The minimum absolute atomic E-state index is 0.117. The Balaban J connectivity index is 1.54. The lowest BCUT2D eigenvalue weighted by Crippen LogP contribution is -2.19. The molecular weight excluding hydrogens is 344 g/mol. The van der Waals surface area contributed by atoms with Crippen molar-refractivity contribution >= 4 is 23.8 Å². The number of aromatic amines is 1. The number of hydrogen-bond acceptors (Lipinski definition) is 3. The van der Waals surface area contributed by atoms with E-state index in [1.54, 1.807) is 4.57 Å². The summed E-state index contributed by atoms with van der Waals surface area (Å²) in [6.07, 6.45) is 3.41. The maximum absolute atomic E-state index is 12.5. The third kappa shape index (κ3) is 3.32. The Labute approximate surface area is 157 Å². The Morgan fingerprint density at radius 3 is 2.77 bits per heavy atom. The number of nitrogens with one attached hydrogen (secondary N) is 2. The van der Waals surface area contributed by atoms with Crippen LogP contribution in [0.3, 0.4) is 0 Å². The van der Waals surface area contributed by atoms with Gasteiger partial charge in [0.2, 0.25) is 5.91 Å². The molecule has 0 unspecified atom stereocenters. The summed E-state index contributed by atoms with van der Waals surface area (Å²) in [5, 5.41) is 10.1. The molecule has 1 aliphatic carbocycles. The van der Waals surface area contributed by atoms with Crippen LogP contribution >= 0.6 is 12.2 Å². The zero-order valence-electron chi connectivity index (χ0n) is 14.6. The van der Waals surface area contributed by atoms with E-state index in [1.165, 1.54) is 23.1 Å². The first-order valence-electron chi connectivity index (χ1n) is 8.74. The zero-order valence-corrected chi connectivity index (χ0v) is 15.4. The van der Waals surface area contributed by atoms with Crippen LogP contribution in [0.2, 0.25) is 0 Å². The van der Waals surface area contributed by atoms with Crippen molar-refractivity contribution < 1.29 is 4.79 Å². The van der Waals surface area contributed by atoms with Gasteiger partial charge in [-0.3, -0.25) is 14.5 Å². The summed E-state index contributed by atoms with van der Waals surface area (Å²) in [6.45, 7) is 2.15. The third-order valence-corrected chi connectivity index (χ3v) is 5.06. The van der Waals surface area contributed by atoms with Gasteiger partial charge in [-0.05, 0) is 61.7 Å². The minimum atomic E-state index is -0.117. The fraction of sp³-hybridized carbons (Fsp3) is 0.250. The predicted molar refractivity (Wildman–Crippen MR) is 105 cm³/mol. The Morgan fingerprint density at radius 2 is 1.96 bits per heavy atom. The molecule has 5 nitrogen and oxygen atoms in total. The van der Waals surface area contributed by atoms with Crippen molar-refractivity contribution in [1.82, 2.24) is 14.8 Å². The summed E-state index contributed by atoms with van der Waals surface area (Å²) < 4.78 is 2.16. The van der Waals surface area contributed by atoms with Gasteiger partial charge in [-0.25, -0.2) is 0 Å². The molecule has 132 valence electrons. The lowest BCUT2D eigenvalue weighted by Gasteiger charge is -2.10. The van der Waals surface area contributed by atoms with Gasteiger partial charge in [0.05, 0.1) is 0 Å². The zero-order chi connectivity index (χ0) is 18.1. The molecule has 0 aliphatic heterocycles. The van der Waals surface area contributed by atoms with Crippen molar-refractivity contribution in [3.63, 3.8) is 0 Å². The molecule has 0 saturated heterocycles. The fourth-order valence-electron chi connectivity index (χ4n) is 3.38. The van der Waals surface area contributed by atoms with Gasteiger partial charge < -0.3 is 5.32 Å². The van der Waals surface area contributed by atoms with Gasteiger partial charge >= 0.3 is 0 Å². The molecule has 3 aromatic rings. The molecule has 6 heteroatoms. The molecule has 2 aromatic carbocycles. The SMILES string of the molecule is Cc1ccc(-c2n[nH]c(=S)n2CC(=O)Nc2ccc3c(c2)CCC3)cc1. The van der Waals surface area contributed by atoms with Crippen molar-refractivity contribution in [1.29, 1.82) is 0 Å². The fourth-order valence-corrected chi connectivity index (χ4v) is 3.58. The average Bonchev–Trinajstić information content (AvgIpc) is 3.23. The van der Waals surface area contributed by atoms with Gasteiger partial charge in [-0.1, -0.05) is 35.9 Å². The molecule has 1 heterocycles. The van der Waals surface area contributed by atoms with Gasteiger partial charge in [0.1, 0.15) is 6.54 Å². The number of hydrogen-bond donors (Lipinski definition) is 2. The van der Waals surface area contributed by atoms with Crippen LogP contribution in [0.4, 0.5) is 5.69 Å². The summed E-state index contributed by atoms with van der Waals surface area (Å²) in [5.74, 6) is 0.549. The van der Waals surface area contributed by atoms with Gasteiger partial charge in [0, 0.05) is 11.3 Å². The van der Waals surface area contributed by atoms with Gasteiger partial charge in [-0.15, -0.1) is 0 Å². The van der Waals surface area contributed by atoms with Crippen molar-refractivity contribution in [3.8, 4) is 11.4 Å². The Morgan fingerprint density at radius 1 is 1.19 bits per heavy atom. The first-order chi connectivity index (χ1) is 12.6. The van der Waals surface area contributed by atoms with Gasteiger partial charge in [-0.2, -0.15) is 5.10 Å². The Bertz CT molecular complexity index is 1020. The molecule has 0 bridgehead atoms. The van der Waals surface area contributed by atoms with E-state index in [4.69, 9.17) is 12.2 Å². The van der Waals surface area contributed by atoms with Crippen LogP contribution in [0.5, 0.6) is 0 Å². The van der Waals surface area contributed by atoms with E-state index in [1.807, 2.05) is 37.3 Å². The molecule has 4 rings (SSSR count). The highest BCUT2D eigenvalue weighted by molar-refractivity contribution is 7.71. The molecule has 2 N–H and O–H groups in total. The number of amides is 1. The summed E-state index contributed by atoms with van der Waals surface area (Å²) >= 11 is 5.31. The maximum atomic E-state index is 12.5. The average molecular weight is 364 g/mol. The second kappa shape index (κ2) is 6.88. The van der Waals surface area contributed by atoms with E-state index in [-0.39, 0.29) is 12.5 Å². The van der Waals surface area contributed by atoms with Crippen molar-refractivity contribution in [2.24, 2.45) is 0 Å². The number of fused-ring (bicyclic) bond motifs is 1. The van der Waals surface area contributed by atoms with E-state index in [0.29, 0.717) is 10.6 Å². The van der Waals surface area contributed by atoms with Crippen molar-refractivity contribution in [3.05, 3.63) is 63.9 Å². The van der Waals surface area contributed by atoms with E-state index in [9.17, 15) is 4.79 Å². The molecule has 1 amide bonds. The molecule has 26 heavy (non-hydrogen) atoms. The molecular formula is C20H20N4OS. The first-order valence-corrected chi connectivity index (χ1v) is 9.15. The number of carbonyl (C=O) groups excluding carboxylic acids is 1. The number of H-pyrrole nitrogens is 1. The van der Waals surface area contributed by atoms with Gasteiger partial charge in [0.25, 0.3) is 0 Å². The van der Waals surface area contributed by atoms with Crippen molar-refractivity contribution in [2.45, 2.75) is 32.7 Å². The highest BCUT2D eigenvalue weighted by atomic mass is 32.1. The molecule has 0 saturated carbocycles. The first kappa shape index (κ1) is 16.7. The third-order valence-electron chi connectivity index (χ3n) is 4.75. The van der Waals surface area contributed by atoms with E-state index in [0.717, 1.165) is 24.1 Å². The molecule has 0 atom stereocenters. The molecule has 1 aliphatic rings. The summed E-state index contributed by atoms with van der Waals surface area (Å²) in [7, 11) is 0. The standard InChI is InChI=1S/C20H20N4OS/c1-13-5-7-15(8-6-13)19-22-23-20(26)24(19)12-18(25)21-17-10-9-14-3-2-4-16(14)11-17/h5-11H,2-4,12H2,1H3,(H,21,25)(H,23,26). The lowest BCUT2D eigenvalue weighted by molar-refractivity contribution is -0.116. The number of aromatic nitrogens is 3. The largest absolute Gasteiger partial charge is 0.325 e. The second-order valence-electron chi connectivity index (χ2n) is 6.69. The van der Waals surface area contributed by atoms with Crippen LogP contribution in [0.25, 0.3) is 11.4 Å². The number of carbonyl (C=O) groups is 1. The van der Waals surface area contributed by atoms with E-state index < -0.39 is 0 Å². The van der Waals surface area contributed by atoms with Crippen LogP contribution in [0.1, 0.15) is 23.1 Å². The van der Waals surface area contributed by atoms with Crippen LogP contribution in [0.15, 0.2) is 42.5 Å². The monoisotopic (exact) mass is 364 g/mol. The smallest absolute Gasteiger partial charge is 0.244 e. The second-order valence-corrected chi connectivity index (χ2v) is 7.08. The lowest BCUT2D eigenvalue weighted by atomic mass is 10.1. The molecule has 1 aromatic heterocycles. The highest BCUT2D eigenvalue weighted by Crippen LogP contribution is 2.25. The maximum Gasteiger partial charge on any atom is 0.244 e. The topological polar surface area (TPSA) is 62.7 Å². The predicted octanol–water partition coefficient (Wildman–Crippen LogP) is 4.04. The highest BCUT2D eigenvalue weighted by Gasteiger charge is 2.14. The van der Waals surface area contributed by atoms with Crippen LogP contribution in [-0.4, -0.2) is 20.7 Å². The number of benzene rings is 2. The quantitative estimate of drug-likeness (QED) is 0.687. The normalized spacial score (nSPS) is 12.8. The number of aryl methyl sites for hydroxylation is 3. The van der Waals surface area contributed by atoms with Gasteiger partial charge in [0.15, 0.2) is 10.6 Å². The number of nitrogens with zero attached hydrogens (tertiary/aromatic N) is 2. The Hall–Kier alpha value is -2.73. The summed E-state index contributed by atoms with van der Waals surface area (Å²) in [6, 6.07) is 14.2. The number of anilines is 1. The van der Waals surface area contributed by atoms with E-state index >= 15 is 0 Å². The van der Waals surface area contributed by atoms with Crippen LogP contribution in [-0.2, 0) is 24.2 Å².